The van der Waals surface area contributed by atoms with Crippen molar-refractivity contribution in [2.45, 2.75) is 19.3 Å². The number of piperidine rings is 1. The van der Waals surface area contributed by atoms with Crippen molar-refractivity contribution in [3.63, 3.8) is 0 Å². The molecule has 6 nitrogen and oxygen atoms in total. The molecule has 0 amide bonds. The minimum atomic E-state index is 0.685. The third-order valence-electron chi connectivity index (χ3n) is 4.21. The second kappa shape index (κ2) is 7.80. The molecular formula is C15H24N6S. The van der Waals surface area contributed by atoms with Crippen LogP contribution in [0.4, 0.5) is 5.82 Å². The summed E-state index contributed by atoms with van der Waals surface area (Å²) in [5.41, 5.74) is 0.771. The number of nitrogens with one attached hydrogen (secondary N) is 2. The van der Waals surface area contributed by atoms with E-state index in [1.54, 1.807) is 6.20 Å². The normalized spacial score (nSPS) is 19.9. The lowest BCUT2D eigenvalue weighted by atomic mass is 10.1. The molecule has 3 heterocycles. The maximum absolute atomic E-state index is 5.48. The van der Waals surface area contributed by atoms with E-state index in [0.717, 1.165) is 57.4 Å². The highest BCUT2D eigenvalue weighted by Gasteiger charge is 2.15. The van der Waals surface area contributed by atoms with Gasteiger partial charge >= 0.3 is 0 Å². The molecular weight excluding hydrogens is 296 g/mol. The van der Waals surface area contributed by atoms with Crippen LogP contribution in [-0.4, -0.2) is 65.8 Å². The lowest BCUT2D eigenvalue weighted by Gasteiger charge is -2.28. The van der Waals surface area contributed by atoms with Crippen molar-refractivity contribution in [3.05, 3.63) is 18.1 Å². The van der Waals surface area contributed by atoms with Crippen molar-refractivity contribution in [1.82, 2.24) is 25.5 Å². The maximum Gasteiger partial charge on any atom is 0.147 e. The Labute approximate surface area is 137 Å². The Morgan fingerprint density at radius 3 is 2.68 bits per heavy atom. The molecule has 0 saturated carbocycles. The Morgan fingerprint density at radius 2 is 1.91 bits per heavy atom. The van der Waals surface area contributed by atoms with Crippen molar-refractivity contribution in [3.8, 4) is 0 Å². The standard InChI is InChI=1S/C15H24N6S/c22-15(18-12-20-8-4-16-5-9-20)13-10-17-11-14(19-13)21-6-2-1-3-7-21/h10-11,16H,1-9,12H2,(H,18,22). The summed E-state index contributed by atoms with van der Waals surface area (Å²) in [5.74, 6) is 0.948. The van der Waals surface area contributed by atoms with E-state index >= 15 is 0 Å². The summed E-state index contributed by atoms with van der Waals surface area (Å²) in [5, 5.41) is 6.66. The number of hydrogen-bond acceptors (Lipinski definition) is 6. The molecule has 3 rings (SSSR count). The third kappa shape index (κ3) is 4.12. The van der Waals surface area contributed by atoms with Gasteiger partial charge in [-0.25, -0.2) is 4.98 Å². The number of aromatic nitrogens is 2. The zero-order valence-electron chi connectivity index (χ0n) is 12.9. The molecule has 0 atom stereocenters. The highest BCUT2D eigenvalue weighted by Crippen LogP contribution is 2.16. The molecule has 0 spiro atoms. The van der Waals surface area contributed by atoms with E-state index < -0.39 is 0 Å². The van der Waals surface area contributed by atoms with Crippen LogP contribution in [0.5, 0.6) is 0 Å². The average molecular weight is 320 g/mol. The summed E-state index contributed by atoms with van der Waals surface area (Å²) < 4.78 is 0. The summed E-state index contributed by atoms with van der Waals surface area (Å²) in [6, 6.07) is 0. The van der Waals surface area contributed by atoms with E-state index in [1.807, 2.05) is 6.20 Å². The first-order valence-electron chi connectivity index (χ1n) is 8.11. The second-order valence-electron chi connectivity index (χ2n) is 5.84. The molecule has 0 aromatic carbocycles. The first kappa shape index (κ1) is 15.6. The smallest absolute Gasteiger partial charge is 0.147 e. The monoisotopic (exact) mass is 320 g/mol. The highest BCUT2D eigenvalue weighted by molar-refractivity contribution is 7.80. The average Bonchev–Trinajstić information content (AvgIpc) is 2.61. The summed E-state index contributed by atoms with van der Waals surface area (Å²) in [4.78, 5) is 14.4. The van der Waals surface area contributed by atoms with Gasteiger partial charge < -0.3 is 15.5 Å². The number of hydrogen-bond donors (Lipinski definition) is 2. The van der Waals surface area contributed by atoms with Gasteiger partial charge in [0, 0.05) is 39.3 Å². The number of nitrogens with zero attached hydrogens (tertiary/aromatic N) is 4. The minimum absolute atomic E-state index is 0.685. The molecule has 2 N–H and O–H groups in total. The minimum Gasteiger partial charge on any atom is -0.362 e. The SMILES string of the molecule is S=C(NCN1CCNCC1)c1cncc(N2CCCCC2)n1. The fraction of sp³-hybridized carbons (Fsp3) is 0.667. The van der Waals surface area contributed by atoms with Crippen LogP contribution < -0.4 is 15.5 Å². The summed E-state index contributed by atoms with van der Waals surface area (Å²) in [6.45, 7) is 7.09. The molecule has 2 aliphatic heterocycles. The van der Waals surface area contributed by atoms with E-state index in [9.17, 15) is 0 Å². The van der Waals surface area contributed by atoms with Crippen molar-refractivity contribution in [1.29, 1.82) is 0 Å². The van der Waals surface area contributed by atoms with E-state index in [1.165, 1.54) is 19.3 Å². The van der Waals surface area contributed by atoms with Crippen molar-refractivity contribution < 1.29 is 0 Å². The summed E-state index contributed by atoms with van der Waals surface area (Å²) >= 11 is 5.48. The molecule has 0 radical (unpaired) electrons. The zero-order chi connectivity index (χ0) is 15.2. The largest absolute Gasteiger partial charge is 0.362 e. The Bertz CT molecular complexity index is 497. The molecule has 2 saturated heterocycles. The topological polar surface area (TPSA) is 56.3 Å². The number of rotatable bonds is 4. The lowest BCUT2D eigenvalue weighted by Crippen LogP contribution is -2.48. The predicted octanol–water partition coefficient (Wildman–Crippen LogP) is 0.595. The van der Waals surface area contributed by atoms with E-state index in [-0.39, 0.29) is 0 Å². The molecule has 2 aliphatic rings. The fourth-order valence-corrected chi connectivity index (χ4v) is 3.05. The number of piperazine rings is 1. The zero-order valence-corrected chi connectivity index (χ0v) is 13.7. The van der Waals surface area contributed by atoms with Gasteiger partial charge in [-0.15, -0.1) is 0 Å². The van der Waals surface area contributed by atoms with Crippen LogP contribution in [-0.2, 0) is 0 Å². The van der Waals surface area contributed by atoms with Crippen molar-refractivity contribution in [2.75, 3.05) is 50.8 Å². The van der Waals surface area contributed by atoms with Gasteiger partial charge in [0.05, 0.1) is 19.1 Å². The van der Waals surface area contributed by atoms with Gasteiger partial charge in [-0.05, 0) is 19.3 Å². The van der Waals surface area contributed by atoms with E-state index in [2.05, 4.69) is 30.4 Å². The number of thiocarbonyl (C=S) groups is 1. The van der Waals surface area contributed by atoms with Gasteiger partial charge in [0.25, 0.3) is 0 Å². The van der Waals surface area contributed by atoms with Crippen molar-refractivity contribution >= 4 is 23.0 Å². The van der Waals surface area contributed by atoms with Gasteiger partial charge in [-0.1, -0.05) is 12.2 Å². The first-order chi connectivity index (χ1) is 10.8. The van der Waals surface area contributed by atoms with Crippen LogP contribution in [0.2, 0.25) is 0 Å². The van der Waals surface area contributed by atoms with Gasteiger partial charge in [-0.2, -0.15) is 0 Å². The second-order valence-corrected chi connectivity index (χ2v) is 6.25. The highest BCUT2D eigenvalue weighted by atomic mass is 32.1. The van der Waals surface area contributed by atoms with E-state index in [4.69, 9.17) is 12.2 Å². The van der Waals surface area contributed by atoms with Gasteiger partial charge in [0.2, 0.25) is 0 Å². The molecule has 0 unspecified atom stereocenters. The summed E-state index contributed by atoms with van der Waals surface area (Å²) in [6.07, 6.45) is 7.37. The quantitative estimate of drug-likeness (QED) is 0.788. The van der Waals surface area contributed by atoms with Gasteiger partial charge in [0.15, 0.2) is 0 Å². The van der Waals surface area contributed by atoms with Crippen LogP contribution >= 0.6 is 12.2 Å². The Balaban J connectivity index is 1.57. The molecule has 22 heavy (non-hydrogen) atoms. The molecule has 2 fully saturated rings. The predicted molar refractivity (Wildman–Crippen MR) is 92.2 cm³/mol. The van der Waals surface area contributed by atoms with Crippen molar-refractivity contribution in [2.24, 2.45) is 0 Å². The molecule has 1 aromatic heterocycles. The van der Waals surface area contributed by atoms with Crippen LogP contribution in [0.25, 0.3) is 0 Å². The van der Waals surface area contributed by atoms with Crippen LogP contribution in [0.3, 0.4) is 0 Å². The van der Waals surface area contributed by atoms with Crippen LogP contribution in [0.15, 0.2) is 12.4 Å². The fourth-order valence-electron chi connectivity index (χ4n) is 2.88. The lowest BCUT2D eigenvalue weighted by molar-refractivity contribution is 0.237. The third-order valence-corrected chi connectivity index (χ3v) is 4.56. The molecule has 1 aromatic rings. The summed E-state index contributed by atoms with van der Waals surface area (Å²) in [7, 11) is 0. The maximum atomic E-state index is 5.48. The Hall–Kier alpha value is -1.31. The van der Waals surface area contributed by atoms with Crippen LogP contribution in [0.1, 0.15) is 25.0 Å². The Kier molecular flexibility index (Phi) is 5.53. The molecule has 0 bridgehead atoms. The Morgan fingerprint density at radius 1 is 1.14 bits per heavy atom. The van der Waals surface area contributed by atoms with E-state index in [0.29, 0.717) is 4.99 Å². The van der Waals surface area contributed by atoms with Gasteiger partial charge in [0.1, 0.15) is 16.5 Å². The molecule has 7 heteroatoms. The van der Waals surface area contributed by atoms with Gasteiger partial charge in [-0.3, -0.25) is 9.88 Å². The van der Waals surface area contributed by atoms with Crippen LogP contribution in [0, 0.1) is 0 Å². The number of anilines is 1. The molecule has 0 aliphatic carbocycles. The first-order valence-corrected chi connectivity index (χ1v) is 8.52. The molecule has 120 valence electrons.